The van der Waals surface area contributed by atoms with Crippen molar-refractivity contribution in [3.8, 4) is 0 Å². The third kappa shape index (κ3) is 2.22. The van der Waals surface area contributed by atoms with Crippen LogP contribution in [-0.2, 0) is 9.59 Å². The first kappa shape index (κ1) is 13.3. The number of nitrogens with zero attached hydrogens (tertiary/aromatic N) is 2. The second kappa shape index (κ2) is 4.85. The second-order valence-corrected chi connectivity index (χ2v) is 5.51. The van der Waals surface area contributed by atoms with E-state index in [0.717, 1.165) is 0 Å². The molecular weight excluding hydrogens is 370 g/mol. The van der Waals surface area contributed by atoms with Crippen LogP contribution in [0.5, 0.6) is 0 Å². The van der Waals surface area contributed by atoms with Crippen LogP contribution in [0.4, 0.5) is 11.4 Å². The summed E-state index contributed by atoms with van der Waals surface area (Å²) in [6, 6.07) is 0. The largest absolute Gasteiger partial charge is 0.481 e. The molecule has 1 amide bonds. The molecule has 1 fully saturated rings. The van der Waals surface area contributed by atoms with E-state index >= 15 is 0 Å². The Morgan fingerprint density at radius 2 is 2.22 bits per heavy atom. The minimum atomic E-state index is -0.983. The lowest BCUT2D eigenvalue weighted by molar-refractivity contribution is -0.141. The van der Waals surface area contributed by atoms with E-state index in [1.54, 1.807) is 0 Å². The number of nitrogens with two attached hydrogens (primary N) is 1. The SMILES string of the molecule is Nc1c(Br)cnc(Br)c1N1CC(C(=O)O)CC1=O. The Labute approximate surface area is 119 Å². The summed E-state index contributed by atoms with van der Waals surface area (Å²) < 4.78 is 0.981. The fourth-order valence-corrected chi connectivity index (χ4v) is 2.63. The minimum Gasteiger partial charge on any atom is -0.481 e. The predicted molar refractivity (Wildman–Crippen MR) is 72.1 cm³/mol. The smallest absolute Gasteiger partial charge is 0.308 e. The van der Waals surface area contributed by atoms with E-state index in [0.29, 0.717) is 20.5 Å². The number of carbonyl (C=O) groups excluding carboxylic acids is 1. The van der Waals surface area contributed by atoms with Gasteiger partial charge >= 0.3 is 5.97 Å². The third-order valence-corrected chi connectivity index (χ3v) is 3.96. The van der Waals surface area contributed by atoms with Crippen molar-refractivity contribution < 1.29 is 14.7 Å². The van der Waals surface area contributed by atoms with Crippen molar-refractivity contribution in [2.45, 2.75) is 6.42 Å². The summed E-state index contributed by atoms with van der Waals surface area (Å²) in [5.41, 5.74) is 6.66. The van der Waals surface area contributed by atoms with E-state index in [4.69, 9.17) is 10.8 Å². The van der Waals surface area contributed by atoms with Crippen molar-refractivity contribution >= 4 is 55.1 Å². The molecule has 96 valence electrons. The zero-order valence-corrected chi connectivity index (χ0v) is 12.2. The number of aromatic nitrogens is 1. The van der Waals surface area contributed by atoms with Gasteiger partial charge in [-0.05, 0) is 31.9 Å². The highest BCUT2D eigenvalue weighted by Gasteiger charge is 2.37. The number of anilines is 2. The topological polar surface area (TPSA) is 96.5 Å². The first-order chi connectivity index (χ1) is 8.41. The fourth-order valence-electron chi connectivity index (χ4n) is 1.81. The Bertz CT molecular complexity index is 535. The molecule has 0 aliphatic carbocycles. The highest BCUT2D eigenvalue weighted by atomic mass is 79.9. The van der Waals surface area contributed by atoms with Gasteiger partial charge in [0.2, 0.25) is 5.91 Å². The summed E-state index contributed by atoms with van der Waals surface area (Å²) in [6.07, 6.45) is 1.49. The summed E-state index contributed by atoms with van der Waals surface area (Å²) in [6.45, 7) is 0.106. The Kier molecular flexibility index (Phi) is 3.58. The minimum absolute atomic E-state index is 0.0201. The van der Waals surface area contributed by atoms with Gasteiger partial charge in [-0.15, -0.1) is 0 Å². The lowest BCUT2D eigenvalue weighted by atomic mass is 10.1. The monoisotopic (exact) mass is 377 g/mol. The van der Waals surface area contributed by atoms with Gasteiger partial charge in [-0.2, -0.15) is 0 Å². The number of halogens is 2. The molecule has 2 heterocycles. The number of carbonyl (C=O) groups is 2. The Morgan fingerprint density at radius 1 is 1.56 bits per heavy atom. The Morgan fingerprint density at radius 3 is 2.78 bits per heavy atom. The quantitative estimate of drug-likeness (QED) is 0.762. The fraction of sp³-hybridized carbons (Fsp3) is 0.300. The molecule has 1 aliphatic rings. The summed E-state index contributed by atoms with van der Waals surface area (Å²) in [5, 5.41) is 8.94. The lowest BCUT2D eigenvalue weighted by Crippen LogP contribution is -2.27. The van der Waals surface area contributed by atoms with Crippen LogP contribution in [0.3, 0.4) is 0 Å². The van der Waals surface area contributed by atoms with E-state index < -0.39 is 11.9 Å². The van der Waals surface area contributed by atoms with E-state index in [-0.39, 0.29) is 18.9 Å². The first-order valence-electron chi connectivity index (χ1n) is 5.04. The van der Waals surface area contributed by atoms with Crippen molar-refractivity contribution in [3.05, 3.63) is 15.3 Å². The van der Waals surface area contributed by atoms with E-state index in [2.05, 4.69) is 36.8 Å². The second-order valence-electron chi connectivity index (χ2n) is 3.90. The van der Waals surface area contributed by atoms with Crippen LogP contribution in [0.1, 0.15) is 6.42 Å². The summed E-state index contributed by atoms with van der Waals surface area (Å²) in [7, 11) is 0. The number of hydrogen-bond acceptors (Lipinski definition) is 4. The number of carboxylic acids is 1. The molecule has 1 aromatic heterocycles. The molecule has 0 spiro atoms. The maximum absolute atomic E-state index is 11.8. The van der Waals surface area contributed by atoms with Crippen LogP contribution in [0.25, 0.3) is 0 Å². The molecule has 3 N–H and O–H groups in total. The maximum atomic E-state index is 11.8. The van der Waals surface area contributed by atoms with E-state index in [1.807, 2.05) is 0 Å². The zero-order valence-electron chi connectivity index (χ0n) is 9.06. The van der Waals surface area contributed by atoms with E-state index in [1.165, 1.54) is 11.1 Å². The van der Waals surface area contributed by atoms with Crippen LogP contribution in [0, 0.1) is 5.92 Å². The van der Waals surface area contributed by atoms with Crippen LogP contribution in [0.2, 0.25) is 0 Å². The van der Waals surface area contributed by atoms with Crippen LogP contribution in [0.15, 0.2) is 15.3 Å². The van der Waals surface area contributed by atoms with Crippen molar-refractivity contribution in [2.75, 3.05) is 17.2 Å². The van der Waals surface area contributed by atoms with Gasteiger partial charge in [-0.1, -0.05) is 0 Å². The summed E-state index contributed by atoms with van der Waals surface area (Å²) in [5.74, 6) is -1.96. The third-order valence-electron chi connectivity index (χ3n) is 2.74. The highest BCUT2D eigenvalue weighted by Crippen LogP contribution is 2.38. The average Bonchev–Trinajstić information content (AvgIpc) is 2.67. The molecule has 6 nitrogen and oxygen atoms in total. The average molecular weight is 379 g/mol. The molecule has 1 unspecified atom stereocenters. The molecule has 0 bridgehead atoms. The van der Waals surface area contributed by atoms with Crippen LogP contribution >= 0.6 is 31.9 Å². The van der Waals surface area contributed by atoms with Crippen LogP contribution < -0.4 is 10.6 Å². The summed E-state index contributed by atoms with van der Waals surface area (Å²) in [4.78, 5) is 28.2. The van der Waals surface area contributed by atoms with Gasteiger partial charge in [0.15, 0.2) is 0 Å². The van der Waals surface area contributed by atoms with Gasteiger partial charge in [0.1, 0.15) is 10.3 Å². The van der Waals surface area contributed by atoms with Gasteiger partial charge in [0.25, 0.3) is 0 Å². The van der Waals surface area contributed by atoms with Gasteiger partial charge in [0.05, 0.1) is 16.1 Å². The molecule has 18 heavy (non-hydrogen) atoms. The van der Waals surface area contributed by atoms with Crippen molar-refractivity contribution in [1.29, 1.82) is 0 Å². The number of amides is 1. The molecule has 0 radical (unpaired) electrons. The number of nitrogen functional groups attached to an aromatic ring is 1. The molecule has 1 atom stereocenters. The number of aliphatic carboxylic acids is 1. The van der Waals surface area contributed by atoms with Crippen molar-refractivity contribution in [1.82, 2.24) is 4.98 Å². The molecule has 1 saturated heterocycles. The molecule has 0 aromatic carbocycles. The predicted octanol–water partition coefficient (Wildman–Crippen LogP) is 1.63. The number of rotatable bonds is 2. The van der Waals surface area contributed by atoms with Gasteiger partial charge in [-0.3, -0.25) is 9.59 Å². The Hall–Kier alpha value is -1.15. The maximum Gasteiger partial charge on any atom is 0.308 e. The highest BCUT2D eigenvalue weighted by molar-refractivity contribution is 9.11. The molecular formula is C10H9Br2N3O3. The normalized spacial score (nSPS) is 19.3. The zero-order chi connectivity index (χ0) is 13.4. The lowest BCUT2D eigenvalue weighted by Gasteiger charge is -2.19. The number of pyridine rings is 1. The standard InChI is InChI=1S/C10H9Br2N3O3/c11-5-2-14-9(12)8(7(5)13)15-3-4(10(17)18)1-6(15)16/h2,4H,1,3H2,(H2,13,14)(H,17,18). The first-order valence-corrected chi connectivity index (χ1v) is 6.63. The number of carboxylic acid groups (broad SMARTS) is 1. The molecule has 2 rings (SSSR count). The van der Waals surface area contributed by atoms with Crippen molar-refractivity contribution in [2.24, 2.45) is 5.92 Å². The number of hydrogen-bond donors (Lipinski definition) is 2. The van der Waals surface area contributed by atoms with Crippen molar-refractivity contribution in [3.63, 3.8) is 0 Å². The molecule has 0 saturated carbocycles. The van der Waals surface area contributed by atoms with Gasteiger partial charge < -0.3 is 15.7 Å². The molecule has 1 aromatic rings. The van der Waals surface area contributed by atoms with E-state index in [9.17, 15) is 9.59 Å². The van der Waals surface area contributed by atoms with Gasteiger partial charge in [0, 0.05) is 19.2 Å². The van der Waals surface area contributed by atoms with Crippen LogP contribution in [-0.4, -0.2) is 28.5 Å². The molecule has 1 aliphatic heterocycles. The summed E-state index contributed by atoms with van der Waals surface area (Å²) >= 11 is 6.45. The van der Waals surface area contributed by atoms with Gasteiger partial charge in [-0.25, -0.2) is 4.98 Å². The molecule has 8 heteroatoms. The Balaban J connectivity index is 2.41.